The van der Waals surface area contributed by atoms with Crippen LogP contribution in [0.4, 0.5) is 0 Å². The Morgan fingerprint density at radius 1 is 1.33 bits per heavy atom. The molecule has 1 aliphatic heterocycles. The second-order valence-corrected chi connectivity index (χ2v) is 6.32. The van der Waals surface area contributed by atoms with E-state index in [2.05, 4.69) is 19.2 Å². The van der Waals surface area contributed by atoms with Crippen LogP contribution in [0.5, 0.6) is 0 Å². The Morgan fingerprint density at radius 3 is 2.58 bits per heavy atom. The summed E-state index contributed by atoms with van der Waals surface area (Å²) in [5.41, 5.74) is 0. The molecule has 2 aliphatic rings. The summed E-state index contributed by atoms with van der Waals surface area (Å²) in [6.07, 6.45) is 2.68. The summed E-state index contributed by atoms with van der Waals surface area (Å²) in [7, 11) is -0.603. The molecule has 12 heavy (non-hydrogen) atoms. The Balaban J connectivity index is 2.03. The van der Waals surface area contributed by atoms with Gasteiger partial charge in [0.2, 0.25) is 0 Å². The van der Waals surface area contributed by atoms with E-state index in [0.29, 0.717) is 16.5 Å². The van der Waals surface area contributed by atoms with Gasteiger partial charge in [0, 0.05) is 33.9 Å². The van der Waals surface area contributed by atoms with Crippen LogP contribution in [0.25, 0.3) is 0 Å². The van der Waals surface area contributed by atoms with Crippen molar-refractivity contribution < 1.29 is 4.21 Å². The van der Waals surface area contributed by atoms with E-state index in [1.165, 1.54) is 12.8 Å². The number of hydrogen-bond donors (Lipinski definition) is 1. The molecule has 1 saturated carbocycles. The maximum absolute atomic E-state index is 11.7. The molecule has 2 nitrogen and oxygen atoms in total. The van der Waals surface area contributed by atoms with Gasteiger partial charge in [0.15, 0.2) is 0 Å². The lowest BCUT2D eigenvalue weighted by Gasteiger charge is -2.33. The molecule has 1 saturated heterocycles. The smallest absolute Gasteiger partial charge is 0.0478 e. The highest BCUT2D eigenvalue weighted by Gasteiger charge is 2.40. The molecule has 0 amide bonds. The Kier molecular flexibility index (Phi) is 2.25. The summed E-state index contributed by atoms with van der Waals surface area (Å²) >= 11 is 0. The standard InChI is InChI=1S/C9H17NOS/c1-6-5-10-9(8-3-4-8)7(2)12(6)11/h6-10H,3-5H2,1-2H3. The topological polar surface area (TPSA) is 29.1 Å². The van der Waals surface area contributed by atoms with Crippen LogP contribution in [0.15, 0.2) is 0 Å². The minimum atomic E-state index is -0.603. The number of rotatable bonds is 1. The minimum absolute atomic E-state index is 0.343. The third kappa shape index (κ3) is 1.44. The molecular weight excluding hydrogens is 170 g/mol. The van der Waals surface area contributed by atoms with Gasteiger partial charge in [-0.05, 0) is 32.6 Å². The van der Waals surface area contributed by atoms with E-state index in [-0.39, 0.29) is 0 Å². The molecule has 1 N–H and O–H groups in total. The van der Waals surface area contributed by atoms with E-state index in [1.54, 1.807) is 0 Å². The zero-order valence-corrected chi connectivity index (χ0v) is 8.56. The first-order valence-electron chi connectivity index (χ1n) is 4.83. The van der Waals surface area contributed by atoms with E-state index in [1.807, 2.05) is 0 Å². The molecule has 0 aromatic carbocycles. The molecule has 2 fully saturated rings. The van der Waals surface area contributed by atoms with Gasteiger partial charge in [-0.2, -0.15) is 0 Å². The van der Waals surface area contributed by atoms with Gasteiger partial charge < -0.3 is 5.32 Å². The highest BCUT2D eigenvalue weighted by Crippen LogP contribution is 2.36. The van der Waals surface area contributed by atoms with Crippen molar-refractivity contribution in [3.05, 3.63) is 0 Å². The molecule has 70 valence electrons. The van der Waals surface area contributed by atoms with Crippen molar-refractivity contribution in [2.45, 2.75) is 43.2 Å². The Labute approximate surface area is 76.6 Å². The quantitative estimate of drug-likeness (QED) is 0.660. The van der Waals surface area contributed by atoms with Crippen molar-refractivity contribution >= 4 is 10.8 Å². The van der Waals surface area contributed by atoms with Crippen molar-refractivity contribution in [2.24, 2.45) is 5.92 Å². The van der Waals surface area contributed by atoms with Gasteiger partial charge in [0.1, 0.15) is 0 Å². The van der Waals surface area contributed by atoms with Gasteiger partial charge in [-0.3, -0.25) is 4.21 Å². The molecule has 3 heteroatoms. The van der Waals surface area contributed by atoms with E-state index in [4.69, 9.17) is 0 Å². The van der Waals surface area contributed by atoms with Crippen molar-refractivity contribution in [1.82, 2.24) is 5.32 Å². The maximum atomic E-state index is 11.7. The SMILES string of the molecule is CC1CNC(C2CC2)C(C)S1=O. The first kappa shape index (κ1) is 8.70. The Bertz CT molecular complexity index is 203. The van der Waals surface area contributed by atoms with Crippen molar-refractivity contribution in [3.8, 4) is 0 Å². The van der Waals surface area contributed by atoms with Gasteiger partial charge in [-0.25, -0.2) is 0 Å². The largest absolute Gasteiger partial charge is 0.311 e. The van der Waals surface area contributed by atoms with E-state index >= 15 is 0 Å². The lowest BCUT2D eigenvalue weighted by molar-refractivity contribution is 0.432. The van der Waals surface area contributed by atoms with Crippen LogP contribution in [0, 0.1) is 5.92 Å². The van der Waals surface area contributed by atoms with Gasteiger partial charge >= 0.3 is 0 Å². The summed E-state index contributed by atoms with van der Waals surface area (Å²) in [4.78, 5) is 0. The van der Waals surface area contributed by atoms with Gasteiger partial charge in [-0.1, -0.05) is 0 Å². The van der Waals surface area contributed by atoms with Crippen LogP contribution in [-0.4, -0.2) is 27.3 Å². The fraction of sp³-hybridized carbons (Fsp3) is 1.00. The molecule has 1 heterocycles. The minimum Gasteiger partial charge on any atom is -0.311 e. The highest BCUT2D eigenvalue weighted by molar-refractivity contribution is 7.86. The lowest BCUT2D eigenvalue weighted by Crippen LogP contribution is -2.53. The van der Waals surface area contributed by atoms with E-state index in [0.717, 1.165) is 12.5 Å². The molecule has 0 aromatic heterocycles. The number of nitrogens with one attached hydrogen (secondary N) is 1. The van der Waals surface area contributed by atoms with Gasteiger partial charge in [-0.15, -0.1) is 0 Å². The molecule has 4 atom stereocenters. The van der Waals surface area contributed by atoms with Crippen LogP contribution in [0.2, 0.25) is 0 Å². The molecule has 0 bridgehead atoms. The van der Waals surface area contributed by atoms with Crippen LogP contribution < -0.4 is 5.32 Å². The van der Waals surface area contributed by atoms with Crippen molar-refractivity contribution in [3.63, 3.8) is 0 Å². The molecule has 0 spiro atoms. The third-order valence-corrected chi connectivity index (χ3v) is 5.03. The molecular formula is C9H17NOS. The Morgan fingerprint density at radius 2 is 2.00 bits per heavy atom. The zero-order valence-electron chi connectivity index (χ0n) is 7.75. The van der Waals surface area contributed by atoms with Crippen LogP contribution >= 0.6 is 0 Å². The van der Waals surface area contributed by atoms with Gasteiger partial charge in [0.05, 0.1) is 0 Å². The molecule has 2 rings (SSSR count). The van der Waals surface area contributed by atoms with Crippen molar-refractivity contribution in [1.29, 1.82) is 0 Å². The second-order valence-electron chi connectivity index (χ2n) is 4.12. The molecule has 4 unspecified atom stereocenters. The summed E-state index contributed by atoms with van der Waals surface area (Å²) in [6, 6.07) is 0.544. The average molecular weight is 187 g/mol. The first-order valence-corrected chi connectivity index (χ1v) is 6.10. The van der Waals surface area contributed by atoms with Crippen LogP contribution in [-0.2, 0) is 10.8 Å². The summed E-state index contributed by atoms with van der Waals surface area (Å²) in [6.45, 7) is 5.14. The normalized spacial score (nSPS) is 49.2. The predicted octanol–water partition coefficient (Wildman–Crippen LogP) is 0.894. The fourth-order valence-corrected chi connectivity index (χ4v) is 3.67. The van der Waals surface area contributed by atoms with E-state index in [9.17, 15) is 4.21 Å². The monoisotopic (exact) mass is 187 g/mol. The van der Waals surface area contributed by atoms with Crippen LogP contribution in [0.1, 0.15) is 26.7 Å². The lowest BCUT2D eigenvalue weighted by atomic mass is 10.1. The van der Waals surface area contributed by atoms with Gasteiger partial charge in [0.25, 0.3) is 0 Å². The molecule has 0 radical (unpaired) electrons. The molecule has 0 aromatic rings. The summed E-state index contributed by atoms with van der Waals surface area (Å²) in [5, 5.41) is 4.22. The Hall–Kier alpha value is 0.110. The number of hydrogen-bond acceptors (Lipinski definition) is 2. The second kappa shape index (κ2) is 3.11. The third-order valence-electron chi connectivity index (χ3n) is 3.04. The highest BCUT2D eigenvalue weighted by atomic mass is 32.2. The zero-order chi connectivity index (χ0) is 8.72. The van der Waals surface area contributed by atoms with E-state index < -0.39 is 10.8 Å². The molecule has 1 aliphatic carbocycles. The summed E-state index contributed by atoms with van der Waals surface area (Å²) in [5.74, 6) is 0.830. The fourth-order valence-electron chi connectivity index (χ4n) is 2.07. The maximum Gasteiger partial charge on any atom is 0.0478 e. The summed E-state index contributed by atoms with van der Waals surface area (Å²) < 4.78 is 11.7. The predicted molar refractivity (Wildman–Crippen MR) is 51.6 cm³/mol. The van der Waals surface area contributed by atoms with Crippen molar-refractivity contribution in [2.75, 3.05) is 6.54 Å². The average Bonchev–Trinajstić information content (AvgIpc) is 2.84. The van der Waals surface area contributed by atoms with Crippen LogP contribution in [0.3, 0.4) is 0 Å². The first-order chi connectivity index (χ1) is 5.70.